The Hall–Kier alpha value is -1.83. The molecule has 0 saturated carbocycles. The highest BCUT2D eigenvalue weighted by molar-refractivity contribution is 7.15. The van der Waals surface area contributed by atoms with E-state index in [9.17, 15) is 4.79 Å². The Morgan fingerprint density at radius 2 is 2.16 bits per heavy atom. The van der Waals surface area contributed by atoms with Crippen LogP contribution in [-0.2, 0) is 17.6 Å². The van der Waals surface area contributed by atoms with Gasteiger partial charge in [0, 0.05) is 22.7 Å². The zero-order valence-corrected chi connectivity index (χ0v) is 16.2. The van der Waals surface area contributed by atoms with E-state index in [1.807, 2.05) is 43.5 Å². The van der Waals surface area contributed by atoms with Crippen molar-refractivity contribution in [1.29, 1.82) is 0 Å². The molecule has 0 unspecified atom stereocenters. The Balaban J connectivity index is 1.57. The first-order valence-electron chi connectivity index (χ1n) is 7.80. The summed E-state index contributed by atoms with van der Waals surface area (Å²) in [6.45, 7) is 4.09. The van der Waals surface area contributed by atoms with Gasteiger partial charge in [-0.15, -0.1) is 21.5 Å². The Bertz CT molecular complexity index is 875. The van der Waals surface area contributed by atoms with Crippen LogP contribution in [0, 0.1) is 0 Å². The van der Waals surface area contributed by atoms with Crippen molar-refractivity contribution in [3.05, 3.63) is 55.9 Å². The molecule has 2 heterocycles. The van der Waals surface area contributed by atoms with E-state index in [-0.39, 0.29) is 12.3 Å². The average Bonchev–Trinajstić information content (AvgIpc) is 3.17. The van der Waals surface area contributed by atoms with E-state index in [1.54, 1.807) is 11.3 Å². The summed E-state index contributed by atoms with van der Waals surface area (Å²) in [4.78, 5) is 16.7. The average molecular weight is 393 g/mol. The lowest BCUT2D eigenvalue weighted by molar-refractivity contribution is -0.115. The molecular formula is C17H17ClN4OS2. The zero-order valence-electron chi connectivity index (χ0n) is 13.8. The number of carbonyl (C=O) groups is 1. The number of thiazole rings is 1. The Labute approximate surface area is 159 Å². The molecule has 0 bridgehead atoms. The first kappa shape index (κ1) is 18.0. The van der Waals surface area contributed by atoms with Gasteiger partial charge in [0.05, 0.1) is 17.1 Å². The largest absolute Gasteiger partial charge is 0.300 e. The highest BCUT2D eigenvalue weighted by Gasteiger charge is 2.12. The van der Waals surface area contributed by atoms with Gasteiger partial charge in [0.1, 0.15) is 5.01 Å². The molecule has 1 amide bonds. The van der Waals surface area contributed by atoms with E-state index < -0.39 is 0 Å². The number of anilines is 1. The van der Waals surface area contributed by atoms with E-state index in [0.717, 1.165) is 21.3 Å². The van der Waals surface area contributed by atoms with Crippen molar-refractivity contribution in [3.8, 4) is 0 Å². The molecular weight excluding hydrogens is 376 g/mol. The maximum absolute atomic E-state index is 12.1. The van der Waals surface area contributed by atoms with Gasteiger partial charge in [0.2, 0.25) is 11.0 Å². The van der Waals surface area contributed by atoms with Gasteiger partial charge < -0.3 is 5.32 Å². The SMILES string of the molecule is CC(C)c1nnc(NC(=O)Cc2csc(Cc3cccc(Cl)c3)n2)s1. The minimum absolute atomic E-state index is 0.133. The summed E-state index contributed by atoms with van der Waals surface area (Å²) in [5.74, 6) is 0.168. The van der Waals surface area contributed by atoms with Crippen molar-refractivity contribution >= 4 is 45.3 Å². The molecule has 3 aromatic rings. The molecule has 8 heteroatoms. The summed E-state index contributed by atoms with van der Waals surface area (Å²) in [6.07, 6.45) is 0.934. The third-order valence-electron chi connectivity index (χ3n) is 3.37. The number of hydrogen-bond donors (Lipinski definition) is 1. The normalized spacial score (nSPS) is 11.0. The lowest BCUT2D eigenvalue weighted by Crippen LogP contribution is -2.14. The number of aromatic nitrogens is 3. The van der Waals surface area contributed by atoms with Gasteiger partial charge in [-0.25, -0.2) is 4.98 Å². The molecule has 1 N–H and O–H groups in total. The number of hydrogen-bond acceptors (Lipinski definition) is 6. The van der Waals surface area contributed by atoms with E-state index in [2.05, 4.69) is 20.5 Å². The fourth-order valence-electron chi connectivity index (χ4n) is 2.18. The van der Waals surface area contributed by atoms with Crippen LogP contribution in [0.2, 0.25) is 5.02 Å². The molecule has 0 aliphatic heterocycles. The Morgan fingerprint density at radius 1 is 1.32 bits per heavy atom. The predicted molar refractivity (Wildman–Crippen MR) is 103 cm³/mol. The standard InChI is InChI=1S/C17H17ClN4OS2/c1-10(2)16-21-22-17(25-16)20-14(23)8-13-9-24-15(19-13)7-11-4-3-5-12(18)6-11/h3-6,9-10H,7-8H2,1-2H3,(H,20,22,23). The van der Waals surface area contributed by atoms with Gasteiger partial charge in [-0.1, -0.05) is 48.9 Å². The van der Waals surface area contributed by atoms with Crippen molar-refractivity contribution in [1.82, 2.24) is 15.2 Å². The highest BCUT2D eigenvalue weighted by atomic mass is 35.5. The number of amides is 1. The van der Waals surface area contributed by atoms with Crippen LogP contribution in [0.15, 0.2) is 29.6 Å². The van der Waals surface area contributed by atoms with Crippen LogP contribution < -0.4 is 5.32 Å². The second-order valence-electron chi connectivity index (χ2n) is 5.86. The van der Waals surface area contributed by atoms with Gasteiger partial charge in [-0.05, 0) is 17.7 Å². The summed E-state index contributed by atoms with van der Waals surface area (Å²) in [6, 6.07) is 7.71. The number of rotatable bonds is 6. The van der Waals surface area contributed by atoms with Crippen LogP contribution in [0.4, 0.5) is 5.13 Å². The van der Waals surface area contributed by atoms with Crippen LogP contribution in [0.1, 0.15) is 41.0 Å². The molecule has 0 saturated heterocycles. The second kappa shape index (κ2) is 8.03. The molecule has 0 radical (unpaired) electrons. The van der Waals surface area contributed by atoms with Crippen LogP contribution in [0.3, 0.4) is 0 Å². The van der Waals surface area contributed by atoms with Crippen molar-refractivity contribution in [2.24, 2.45) is 0 Å². The smallest absolute Gasteiger partial charge is 0.232 e. The number of carbonyl (C=O) groups excluding carboxylic acids is 1. The first-order chi connectivity index (χ1) is 12.0. The Kier molecular flexibility index (Phi) is 5.78. The maximum atomic E-state index is 12.1. The van der Waals surface area contributed by atoms with Gasteiger partial charge in [-0.3, -0.25) is 4.79 Å². The number of nitrogens with one attached hydrogen (secondary N) is 1. The van der Waals surface area contributed by atoms with E-state index in [0.29, 0.717) is 22.5 Å². The van der Waals surface area contributed by atoms with E-state index in [4.69, 9.17) is 11.6 Å². The summed E-state index contributed by atoms with van der Waals surface area (Å²) < 4.78 is 0. The molecule has 1 aromatic carbocycles. The van der Waals surface area contributed by atoms with Crippen molar-refractivity contribution in [2.75, 3.05) is 5.32 Å². The third-order valence-corrected chi connectivity index (χ3v) is 5.64. The summed E-state index contributed by atoms with van der Waals surface area (Å²) >= 11 is 8.95. The fraction of sp³-hybridized carbons (Fsp3) is 0.294. The molecule has 130 valence electrons. The third kappa shape index (κ3) is 5.07. The monoisotopic (exact) mass is 392 g/mol. The molecule has 0 fully saturated rings. The van der Waals surface area contributed by atoms with Crippen LogP contribution >= 0.6 is 34.3 Å². The highest BCUT2D eigenvalue weighted by Crippen LogP contribution is 2.23. The summed E-state index contributed by atoms with van der Waals surface area (Å²) in [5, 5.41) is 15.9. The molecule has 25 heavy (non-hydrogen) atoms. The quantitative estimate of drug-likeness (QED) is 0.668. The van der Waals surface area contributed by atoms with E-state index in [1.165, 1.54) is 11.3 Å². The van der Waals surface area contributed by atoms with Crippen LogP contribution in [0.5, 0.6) is 0 Å². The predicted octanol–water partition coefficient (Wildman–Crippen LogP) is 4.54. The van der Waals surface area contributed by atoms with Gasteiger partial charge in [-0.2, -0.15) is 0 Å². The molecule has 0 aliphatic carbocycles. The van der Waals surface area contributed by atoms with Crippen LogP contribution in [-0.4, -0.2) is 21.1 Å². The molecule has 2 aromatic heterocycles. The van der Waals surface area contributed by atoms with Gasteiger partial charge in [0.15, 0.2) is 0 Å². The molecule has 0 aliphatic rings. The molecule has 3 rings (SSSR count). The Morgan fingerprint density at radius 3 is 2.88 bits per heavy atom. The number of halogens is 1. The minimum atomic E-state index is -0.133. The number of nitrogens with zero attached hydrogens (tertiary/aromatic N) is 3. The first-order valence-corrected chi connectivity index (χ1v) is 9.88. The van der Waals surface area contributed by atoms with Gasteiger partial charge in [0.25, 0.3) is 0 Å². The zero-order chi connectivity index (χ0) is 17.8. The topological polar surface area (TPSA) is 67.8 Å². The fourth-order valence-corrected chi connectivity index (χ4v) is 3.98. The van der Waals surface area contributed by atoms with E-state index >= 15 is 0 Å². The van der Waals surface area contributed by atoms with Crippen LogP contribution in [0.25, 0.3) is 0 Å². The van der Waals surface area contributed by atoms with Gasteiger partial charge >= 0.3 is 0 Å². The lowest BCUT2D eigenvalue weighted by atomic mass is 10.2. The molecule has 5 nitrogen and oxygen atoms in total. The van der Waals surface area contributed by atoms with Crippen molar-refractivity contribution in [2.45, 2.75) is 32.6 Å². The molecule has 0 spiro atoms. The minimum Gasteiger partial charge on any atom is -0.300 e. The summed E-state index contributed by atoms with van der Waals surface area (Å²) in [5.41, 5.74) is 1.86. The number of benzene rings is 1. The van der Waals surface area contributed by atoms with Crippen molar-refractivity contribution in [3.63, 3.8) is 0 Å². The maximum Gasteiger partial charge on any atom is 0.232 e. The summed E-state index contributed by atoms with van der Waals surface area (Å²) in [7, 11) is 0. The lowest BCUT2D eigenvalue weighted by Gasteiger charge is -1.99. The van der Waals surface area contributed by atoms with Crippen molar-refractivity contribution < 1.29 is 4.79 Å². The molecule has 0 atom stereocenters. The second-order valence-corrected chi connectivity index (χ2v) is 8.25.